The normalized spacial score (nSPS) is 16.5. The molecular formula is C20H23N5O3S. The third-order valence-electron chi connectivity index (χ3n) is 5.11. The number of carbonyl (C=O) groups is 1. The molecule has 3 heterocycles. The quantitative estimate of drug-likeness (QED) is 0.663. The molecular weight excluding hydrogens is 390 g/mol. The first-order valence-electron chi connectivity index (χ1n) is 9.52. The maximum atomic E-state index is 12.8. The highest BCUT2D eigenvalue weighted by molar-refractivity contribution is 7.21. The molecule has 152 valence electrons. The number of fused-ring (bicyclic) bond motifs is 1. The predicted octanol–water partition coefficient (Wildman–Crippen LogP) is 1.82. The minimum Gasteiger partial charge on any atom is -0.377 e. The van der Waals surface area contributed by atoms with Crippen LogP contribution in [0, 0.1) is 0 Å². The fraction of sp³-hybridized carbons (Fsp3) is 0.400. The van der Waals surface area contributed by atoms with Gasteiger partial charge in [0.15, 0.2) is 15.5 Å². The molecule has 2 aromatic heterocycles. The van der Waals surface area contributed by atoms with Crippen molar-refractivity contribution in [3.8, 4) is 0 Å². The van der Waals surface area contributed by atoms with Crippen molar-refractivity contribution in [1.29, 1.82) is 0 Å². The van der Waals surface area contributed by atoms with Gasteiger partial charge in [0.05, 0.1) is 0 Å². The van der Waals surface area contributed by atoms with Crippen molar-refractivity contribution in [1.82, 2.24) is 19.9 Å². The molecule has 1 N–H and O–H groups in total. The van der Waals surface area contributed by atoms with Crippen LogP contribution >= 0.6 is 11.3 Å². The second kappa shape index (κ2) is 8.30. The van der Waals surface area contributed by atoms with Gasteiger partial charge in [0.1, 0.15) is 18.5 Å². The molecule has 0 aliphatic carbocycles. The average molecular weight is 414 g/mol. The van der Waals surface area contributed by atoms with Gasteiger partial charge in [-0.2, -0.15) is 0 Å². The van der Waals surface area contributed by atoms with E-state index in [0.29, 0.717) is 27.8 Å². The smallest absolute Gasteiger partial charge is 0.280 e. The lowest BCUT2D eigenvalue weighted by atomic mass is 10.2. The Morgan fingerprint density at radius 2 is 2.10 bits per heavy atom. The van der Waals surface area contributed by atoms with Gasteiger partial charge in [0.25, 0.3) is 5.56 Å². The lowest BCUT2D eigenvalue weighted by Gasteiger charge is -2.23. The van der Waals surface area contributed by atoms with E-state index >= 15 is 0 Å². The molecule has 9 heteroatoms. The van der Waals surface area contributed by atoms with Gasteiger partial charge >= 0.3 is 0 Å². The molecule has 1 saturated heterocycles. The van der Waals surface area contributed by atoms with Gasteiger partial charge < -0.3 is 15.0 Å². The summed E-state index contributed by atoms with van der Waals surface area (Å²) in [4.78, 5) is 37.1. The zero-order valence-electron chi connectivity index (χ0n) is 16.4. The Morgan fingerprint density at radius 3 is 2.86 bits per heavy atom. The van der Waals surface area contributed by atoms with Gasteiger partial charge in [0, 0.05) is 27.2 Å². The molecule has 1 fully saturated rings. The van der Waals surface area contributed by atoms with Gasteiger partial charge in [-0.15, -0.1) is 0 Å². The standard InChI is InChI=1S/C20H23N5O3S/c1-24-15(12-28-2)22-18-16(19(24)27)23-20(29-18)25-10-6-9-14(25)17(26)21-11-13-7-4-3-5-8-13/h3-5,7-8,14H,6,9-12H2,1-2H3,(H,21,26)/t14-/m1/s1. The van der Waals surface area contributed by atoms with E-state index in [0.717, 1.165) is 24.9 Å². The second-order valence-electron chi connectivity index (χ2n) is 7.03. The number of carbonyl (C=O) groups excluding carboxylic acids is 1. The molecule has 1 amide bonds. The number of benzene rings is 1. The zero-order valence-corrected chi connectivity index (χ0v) is 17.2. The van der Waals surface area contributed by atoms with Crippen LogP contribution in [-0.4, -0.2) is 40.1 Å². The van der Waals surface area contributed by atoms with Crippen LogP contribution in [-0.2, 0) is 29.7 Å². The highest BCUT2D eigenvalue weighted by atomic mass is 32.1. The van der Waals surface area contributed by atoms with E-state index in [-0.39, 0.29) is 24.1 Å². The second-order valence-corrected chi connectivity index (χ2v) is 7.99. The van der Waals surface area contributed by atoms with Gasteiger partial charge in [0.2, 0.25) is 5.91 Å². The number of nitrogens with zero attached hydrogens (tertiary/aromatic N) is 4. The topological polar surface area (TPSA) is 89.3 Å². The molecule has 1 aliphatic heterocycles. The SMILES string of the molecule is COCc1nc2sc(N3CCC[C@@H]3C(=O)NCc3ccccc3)nc2c(=O)n1C. The maximum Gasteiger partial charge on any atom is 0.280 e. The van der Waals surface area contributed by atoms with Crippen molar-refractivity contribution in [3.05, 3.63) is 52.1 Å². The van der Waals surface area contributed by atoms with E-state index in [4.69, 9.17) is 4.74 Å². The number of nitrogens with one attached hydrogen (secondary N) is 1. The summed E-state index contributed by atoms with van der Waals surface area (Å²) in [7, 11) is 3.23. The Labute approximate surface area is 172 Å². The van der Waals surface area contributed by atoms with Gasteiger partial charge in [-0.25, -0.2) is 9.97 Å². The summed E-state index contributed by atoms with van der Waals surface area (Å²) in [5.74, 6) is 0.533. The van der Waals surface area contributed by atoms with E-state index in [1.807, 2.05) is 35.2 Å². The molecule has 1 atom stereocenters. The average Bonchev–Trinajstić information content (AvgIpc) is 3.38. The van der Waals surface area contributed by atoms with Crippen molar-refractivity contribution in [2.75, 3.05) is 18.6 Å². The van der Waals surface area contributed by atoms with Crippen LogP contribution in [0.15, 0.2) is 35.1 Å². The molecule has 1 aliphatic rings. The van der Waals surface area contributed by atoms with Crippen LogP contribution in [0.25, 0.3) is 10.3 Å². The third kappa shape index (κ3) is 3.88. The Balaban J connectivity index is 1.56. The molecule has 4 rings (SSSR count). The van der Waals surface area contributed by atoms with Crippen molar-refractivity contribution in [2.45, 2.75) is 32.0 Å². The monoisotopic (exact) mass is 413 g/mol. The number of methoxy groups -OCH3 is 1. The molecule has 29 heavy (non-hydrogen) atoms. The first kappa shape index (κ1) is 19.5. The first-order chi connectivity index (χ1) is 14.1. The van der Waals surface area contributed by atoms with Crippen LogP contribution in [0.4, 0.5) is 5.13 Å². The minimum atomic E-state index is -0.290. The lowest BCUT2D eigenvalue weighted by molar-refractivity contribution is -0.122. The van der Waals surface area contributed by atoms with E-state index in [9.17, 15) is 9.59 Å². The van der Waals surface area contributed by atoms with Crippen molar-refractivity contribution >= 4 is 32.7 Å². The van der Waals surface area contributed by atoms with Gasteiger partial charge in [-0.3, -0.25) is 14.2 Å². The summed E-state index contributed by atoms with van der Waals surface area (Å²) >= 11 is 1.35. The number of aromatic nitrogens is 3. The highest BCUT2D eigenvalue weighted by Gasteiger charge is 2.33. The minimum absolute atomic E-state index is 0.0217. The van der Waals surface area contributed by atoms with Crippen molar-refractivity contribution in [3.63, 3.8) is 0 Å². The summed E-state index contributed by atoms with van der Waals surface area (Å²) in [6.07, 6.45) is 1.66. The van der Waals surface area contributed by atoms with Gasteiger partial charge in [-0.05, 0) is 18.4 Å². The van der Waals surface area contributed by atoms with Gasteiger partial charge in [-0.1, -0.05) is 41.7 Å². The fourth-order valence-electron chi connectivity index (χ4n) is 3.54. The van der Waals surface area contributed by atoms with Crippen LogP contribution in [0.3, 0.4) is 0 Å². The number of amides is 1. The Hall–Kier alpha value is -2.78. The van der Waals surface area contributed by atoms with E-state index in [1.165, 1.54) is 15.9 Å². The highest BCUT2D eigenvalue weighted by Crippen LogP contribution is 2.31. The number of hydrogen-bond donors (Lipinski definition) is 1. The number of ether oxygens (including phenoxy) is 1. The number of thiazole rings is 1. The number of hydrogen-bond acceptors (Lipinski definition) is 7. The Morgan fingerprint density at radius 1 is 1.31 bits per heavy atom. The zero-order chi connectivity index (χ0) is 20.4. The third-order valence-corrected chi connectivity index (χ3v) is 6.09. The lowest BCUT2D eigenvalue weighted by Crippen LogP contribution is -2.43. The molecule has 0 unspecified atom stereocenters. The van der Waals surface area contributed by atoms with Crippen LogP contribution in [0.1, 0.15) is 24.2 Å². The Bertz CT molecular complexity index is 1080. The van der Waals surface area contributed by atoms with Crippen molar-refractivity contribution < 1.29 is 9.53 Å². The molecule has 0 bridgehead atoms. The van der Waals surface area contributed by atoms with Crippen molar-refractivity contribution in [2.24, 2.45) is 7.05 Å². The molecule has 3 aromatic rings. The van der Waals surface area contributed by atoms with E-state index in [1.54, 1.807) is 14.2 Å². The molecule has 0 saturated carbocycles. The molecule has 1 aromatic carbocycles. The largest absolute Gasteiger partial charge is 0.377 e. The summed E-state index contributed by atoms with van der Waals surface area (Å²) < 4.78 is 6.59. The summed E-state index contributed by atoms with van der Waals surface area (Å²) in [5, 5.41) is 3.68. The molecule has 8 nitrogen and oxygen atoms in total. The number of anilines is 1. The van der Waals surface area contributed by atoms with Crippen LogP contribution in [0.2, 0.25) is 0 Å². The molecule has 0 radical (unpaired) electrons. The van der Waals surface area contributed by atoms with E-state index < -0.39 is 0 Å². The first-order valence-corrected chi connectivity index (χ1v) is 10.3. The predicted molar refractivity (Wildman–Crippen MR) is 112 cm³/mol. The fourth-order valence-corrected chi connectivity index (χ4v) is 4.56. The van der Waals surface area contributed by atoms with E-state index in [2.05, 4.69) is 15.3 Å². The summed E-state index contributed by atoms with van der Waals surface area (Å²) in [6, 6.07) is 9.54. The Kier molecular flexibility index (Phi) is 5.59. The van der Waals surface area contributed by atoms with Crippen LogP contribution in [0.5, 0.6) is 0 Å². The molecule has 0 spiro atoms. The van der Waals surface area contributed by atoms with Crippen LogP contribution < -0.4 is 15.8 Å². The summed E-state index contributed by atoms with van der Waals surface area (Å²) in [5.41, 5.74) is 1.19. The summed E-state index contributed by atoms with van der Waals surface area (Å²) in [6.45, 7) is 1.48. The maximum absolute atomic E-state index is 12.8. The number of rotatable bonds is 6.